The molecule has 0 amide bonds. The van der Waals surface area contributed by atoms with E-state index in [-0.39, 0.29) is 5.57 Å². The van der Waals surface area contributed by atoms with Crippen molar-refractivity contribution >= 4 is 28.4 Å². The van der Waals surface area contributed by atoms with Crippen molar-refractivity contribution in [3.05, 3.63) is 41.8 Å². The van der Waals surface area contributed by atoms with E-state index in [1.165, 1.54) is 13.3 Å². The SMILES string of the molecule is COC(=O)/C(O)=C(/C(=O)OC)c1c[nH]c2ccccc12. The van der Waals surface area contributed by atoms with Crippen molar-refractivity contribution in [3.8, 4) is 0 Å². The van der Waals surface area contributed by atoms with Gasteiger partial charge < -0.3 is 19.6 Å². The molecule has 0 aliphatic carbocycles. The summed E-state index contributed by atoms with van der Waals surface area (Å²) in [5.74, 6) is -2.61. The van der Waals surface area contributed by atoms with Gasteiger partial charge in [0, 0.05) is 22.7 Å². The second kappa shape index (κ2) is 5.48. The Kier molecular flexibility index (Phi) is 3.74. The fourth-order valence-corrected chi connectivity index (χ4v) is 1.91. The molecule has 0 atom stereocenters. The number of nitrogens with one attached hydrogen (secondary N) is 1. The monoisotopic (exact) mass is 275 g/mol. The van der Waals surface area contributed by atoms with Gasteiger partial charge >= 0.3 is 11.9 Å². The van der Waals surface area contributed by atoms with E-state index in [2.05, 4.69) is 14.5 Å². The molecule has 104 valence electrons. The molecule has 2 rings (SSSR count). The fraction of sp³-hybridized carbons (Fsp3) is 0.143. The predicted octanol–water partition coefficient (Wildman–Crippen LogP) is 1.78. The largest absolute Gasteiger partial charge is 0.501 e. The van der Waals surface area contributed by atoms with E-state index in [1.807, 2.05) is 12.1 Å². The molecule has 6 heteroatoms. The molecule has 0 radical (unpaired) electrons. The van der Waals surface area contributed by atoms with Crippen LogP contribution in [0.2, 0.25) is 0 Å². The minimum absolute atomic E-state index is 0.239. The van der Waals surface area contributed by atoms with Gasteiger partial charge in [0.05, 0.1) is 14.2 Å². The molecular formula is C14H13NO5. The average molecular weight is 275 g/mol. The third kappa shape index (κ3) is 2.23. The molecule has 0 bridgehead atoms. The lowest BCUT2D eigenvalue weighted by molar-refractivity contribution is -0.140. The van der Waals surface area contributed by atoms with Gasteiger partial charge in [0.1, 0.15) is 5.57 Å². The van der Waals surface area contributed by atoms with Crippen molar-refractivity contribution in [2.24, 2.45) is 0 Å². The summed E-state index contributed by atoms with van der Waals surface area (Å²) in [4.78, 5) is 26.3. The Morgan fingerprint density at radius 2 is 1.75 bits per heavy atom. The van der Waals surface area contributed by atoms with Crippen LogP contribution in [0.15, 0.2) is 36.2 Å². The number of rotatable bonds is 3. The van der Waals surface area contributed by atoms with Crippen LogP contribution < -0.4 is 0 Å². The number of aliphatic hydroxyl groups excluding tert-OH is 1. The Hall–Kier alpha value is -2.76. The lowest BCUT2D eigenvalue weighted by Crippen LogP contribution is -2.13. The topological polar surface area (TPSA) is 88.6 Å². The number of aromatic nitrogens is 1. The normalized spacial score (nSPS) is 11.9. The Balaban J connectivity index is 2.70. The van der Waals surface area contributed by atoms with Gasteiger partial charge in [-0.1, -0.05) is 18.2 Å². The molecule has 1 aromatic heterocycles. The first-order chi connectivity index (χ1) is 9.60. The van der Waals surface area contributed by atoms with Gasteiger partial charge in [0.2, 0.25) is 5.76 Å². The number of H-pyrrole nitrogens is 1. The Bertz CT molecular complexity index is 698. The molecule has 2 N–H and O–H groups in total. The average Bonchev–Trinajstić information content (AvgIpc) is 2.90. The van der Waals surface area contributed by atoms with Crippen LogP contribution in [0.4, 0.5) is 0 Å². The van der Waals surface area contributed by atoms with Gasteiger partial charge in [-0.3, -0.25) is 0 Å². The predicted molar refractivity (Wildman–Crippen MR) is 71.9 cm³/mol. The van der Waals surface area contributed by atoms with Crippen LogP contribution in [-0.2, 0) is 19.1 Å². The molecule has 0 unspecified atom stereocenters. The number of aliphatic hydroxyl groups is 1. The third-order valence-corrected chi connectivity index (χ3v) is 2.86. The summed E-state index contributed by atoms with van der Waals surface area (Å²) in [5.41, 5.74) is 0.897. The van der Waals surface area contributed by atoms with Crippen LogP contribution >= 0.6 is 0 Å². The second-order valence-electron chi connectivity index (χ2n) is 3.95. The highest BCUT2D eigenvalue weighted by atomic mass is 16.5. The van der Waals surface area contributed by atoms with Crippen molar-refractivity contribution in [1.82, 2.24) is 4.98 Å². The highest BCUT2D eigenvalue weighted by molar-refractivity contribution is 6.24. The summed E-state index contributed by atoms with van der Waals surface area (Å²) in [6.45, 7) is 0. The molecule has 2 aromatic rings. The number of methoxy groups -OCH3 is 2. The van der Waals surface area contributed by atoms with Crippen LogP contribution in [0, 0.1) is 0 Å². The summed E-state index contributed by atoms with van der Waals surface area (Å²) >= 11 is 0. The molecule has 0 fully saturated rings. The lowest BCUT2D eigenvalue weighted by atomic mass is 10.0. The van der Waals surface area contributed by atoms with Crippen molar-refractivity contribution in [1.29, 1.82) is 0 Å². The van der Waals surface area contributed by atoms with E-state index in [1.54, 1.807) is 12.1 Å². The van der Waals surface area contributed by atoms with Crippen molar-refractivity contribution in [2.45, 2.75) is 0 Å². The fourth-order valence-electron chi connectivity index (χ4n) is 1.91. The summed E-state index contributed by atoms with van der Waals surface area (Å²) in [5, 5.41) is 10.6. The number of para-hydroxylation sites is 1. The molecule has 0 saturated heterocycles. The number of benzene rings is 1. The molecule has 20 heavy (non-hydrogen) atoms. The number of ether oxygens (including phenoxy) is 2. The number of hydrogen-bond acceptors (Lipinski definition) is 5. The number of carbonyl (C=O) groups is 2. The quantitative estimate of drug-likeness (QED) is 0.506. The van der Waals surface area contributed by atoms with E-state index in [9.17, 15) is 14.7 Å². The zero-order valence-corrected chi connectivity index (χ0v) is 11.0. The van der Waals surface area contributed by atoms with Crippen LogP contribution in [0.5, 0.6) is 0 Å². The van der Waals surface area contributed by atoms with Crippen molar-refractivity contribution in [2.75, 3.05) is 14.2 Å². The molecule has 1 aromatic carbocycles. The first-order valence-corrected chi connectivity index (χ1v) is 5.76. The van der Waals surface area contributed by atoms with Crippen molar-refractivity contribution < 1.29 is 24.2 Å². The Labute approximate surface area is 114 Å². The van der Waals surface area contributed by atoms with Crippen LogP contribution in [0.1, 0.15) is 5.56 Å². The first-order valence-electron chi connectivity index (χ1n) is 5.76. The minimum atomic E-state index is -1.00. The molecule has 1 heterocycles. The van der Waals surface area contributed by atoms with E-state index in [4.69, 9.17) is 0 Å². The van der Waals surface area contributed by atoms with Gasteiger partial charge in [0.25, 0.3) is 0 Å². The third-order valence-electron chi connectivity index (χ3n) is 2.86. The molecule has 0 spiro atoms. The minimum Gasteiger partial charge on any atom is -0.501 e. The number of aromatic amines is 1. The van der Waals surface area contributed by atoms with Gasteiger partial charge in [-0.2, -0.15) is 0 Å². The van der Waals surface area contributed by atoms with Crippen molar-refractivity contribution in [3.63, 3.8) is 0 Å². The molecule has 0 aliphatic heterocycles. The molecular weight excluding hydrogens is 262 g/mol. The van der Waals surface area contributed by atoms with Crippen LogP contribution in [0.3, 0.4) is 0 Å². The maximum atomic E-state index is 11.9. The second-order valence-corrected chi connectivity index (χ2v) is 3.95. The van der Waals surface area contributed by atoms with Gasteiger partial charge in [-0.15, -0.1) is 0 Å². The number of carbonyl (C=O) groups excluding carboxylic acids is 2. The Morgan fingerprint density at radius 3 is 2.40 bits per heavy atom. The maximum absolute atomic E-state index is 11.9. The van der Waals surface area contributed by atoms with E-state index >= 15 is 0 Å². The molecule has 0 saturated carbocycles. The van der Waals surface area contributed by atoms with Gasteiger partial charge in [-0.05, 0) is 6.07 Å². The smallest absolute Gasteiger partial charge is 0.374 e. The standard InChI is InChI=1S/C14H13NO5/c1-19-13(17)11(12(16)14(18)20-2)9-7-15-10-6-4-3-5-8(9)10/h3-7,15-16H,1-2H3/b12-11-. The summed E-state index contributed by atoms with van der Waals surface area (Å²) in [7, 11) is 2.28. The molecule has 6 nitrogen and oxygen atoms in total. The van der Waals surface area contributed by atoms with Gasteiger partial charge in [0.15, 0.2) is 0 Å². The first kappa shape index (κ1) is 13.7. The summed E-state index contributed by atoms with van der Waals surface area (Å²) < 4.78 is 9.06. The van der Waals surface area contributed by atoms with E-state index in [0.717, 1.165) is 12.6 Å². The van der Waals surface area contributed by atoms with Crippen LogP contribution in [-0.4, -0.2) is 36.2 Å². The van der Waals surface area contributed by atoms with Crippen LogP contribution in [0.25, 0.3) is 16.5 Å². The summed E-state index contributed by atoms with van der Waals surface area (Å²) in [6, 6.07) is 7.17. The van der Waals surface area contributed by atoms with Gasteiger partial charge in [-0.25, -0.2) is 9.59 Å². The lowest BCUT2D eigenvalue weighted by Gasteiger charge is -2.07. The zero-order chi connectivity index (χ0) is 14.7. The Morgan fingerprint density at radius 1 is 1.10 bits per heavy atom. The summed E-state index contributed by atoms with van der Waals surface area (Å²) in [6.07, 6.45) is 1.52. The number of hydrogen-bond donors (Lipinski definition) is 2. The number of esters is 2. The number of fused-ring (bicyclic) bond motifs is 1. The van der Waals surface area contributed by atoms with E-state index < -0.39 is 17.7 Å². The maximum Gasteiger partial charge on any atom is 0.374 e. The molecule has 0 aliphatic rings. The zero-order valence-electron chi connectivity index (χ0n) is 11.0. The van der Waals surface area contributed by atoms with E-state index in [0.29, 0.717) is 10.9 Å². The highest BCUT2D eigenvalue weighted by Crippen LogP contribution is 2.27. The highest BCUT2D eigenvalue weighted by Gasteiger charge is 2.25.